The Morgan fingerprint density at radius 1 is 1.19 bits per heavy atom. The van der Waals surface area contributed by atoms with E-state index < -0.39 is 11.6 Å². The summed E-state index contributed by atoms with van der Waals surface area (Å²) in [5.74, 6) is -2.24. The van der Waals surface area contributed by atoms with Gasteiger partial charge in [-0.2, -0.15) is 0 Å². The summed E-state index contributed by atoms with van der Waals surface area (Å²) in [4.78, 5) is 27.0. The lowest BCUT2D eigenvalue weighted by Crippen LogP contribution is -2.41. The number of hydrogen-bond acceptors (Lipinski definition) is 3. The molecule has 0 unspecified atom stereocenters. The summed E-state index contributed by atoms with van der Waals surface area (Å²) >= 11 is 3.22. The van der Waals surface area contributed by atoms with Crippen LogP contribution in [0.25, 0.3) is 0 Å². The van der Waals surface area contributed by atoms with Crippen LogP contribution in [-0.4, -0.2) is 28.5 Å². The molecule has 2 heterocycles. The molecule has 27 heavy (non-hydrogen) atoms. The molecular formula is C19H19BrF2N2O3. The fourth-order valence-electron chi connectivity index (χ4n) is 2.94. The zero-order chi connectivity index (χ0) is 19.6. The van der Waals surface area contributed by atoms with Crippen LogP contribution in [0.4, 0.5) is 8.78 Å². The van der Waals surface area contributed by atoms with Crippen molar-refractivity contribution in [3.63, 3.8) is 0 Å². The quantitative estimate of drug-likeness (QED) is 0.643. The number of unbranched alkanes of at least 4 members (excludes halogenated alkanes) is 1. The van der Waals surface area contributed by atoms with Crippen molar-refractivity contribution in [2.75, 3.05) is 13.2 Å². The maximum absolute atomic E-state index is 13.5. The highest BCUT2D eigenvalue weighted by molar-refractivity contribution is 9.10. The summed E-state index contributed by atoms with van der Waals surface area (Å²) in [5.41, 5.74) is 0.289. The molecule has 0 spiro atoms. The van der Waals surface area contributed by atoms with E-state index in [-0.39, 0.29) is 29.3 Å². The molecule has 0 aliphatic carbocycles. The van der Waals surface area contributed by atoms with Crippen molar-refractivity contribution in [2.24, 2.45) is 0 Å². The number of benzene rings is 1. The Balaban J connectivity index is 1.91. The number of carbonyl (C=O) groups is 1. The molecule has 8 heteroatoms. The Labute approximate surface area is 163 Å². The highest BCUT2D eigenvalue weighted by atomic mass is 79.9. The molecule has 0 atom stereocenters. The Morgan fingerprint density at radius 2 is 1.96 bits per heavy atom. The third-order valence-corrected chi connectivity index (χ3v) is 4.96. The monoisotopic (exact) mass is 440 g/mol. The fraction of sp³-hybridized carbons (Fsp3) is 0.368. The molecular weight excluding hydrogens is 422 g/mol. The van der Waals surface area contributed by atoms with Gasteiger partial charge in [0.15, 0.2) is 23.1 Å². The average Bonchev–Trinajstić information content (AvgIpc) is 2.64. The first kappa shape index (κ1) is 19.5. The Hall–Kier alpha value is -2.22. The van der Waals surface area contributed by atoms with Gasteiger partial charge in [-0.3, -0.25) is 9.59 Å². The van der Waals surface area contributed by atoms with E-state index in [0.717, 1.165) is 25.0 Å². The van der Waals surface area contributed by atoms with Gasteiger partial charge >= 0.3 is 0 Å². The van der Waals surface area contributed by atoms with Crippen LogP contribution in [0.5, 0.6) is 5.75 Å². The van der Waals surface area contributed by atoms with E-state index in [9.17, 15) is 18.4 Å². The van der Waals surface area contributed by atoms with Crippen molar-refractivity contribution in [1.82, 2.24) is 9.47 Å². The molecule has 0 radical (unpaired) electrons. The summed E-state index contributed by atoms with van der Waals surface area (Å²) in [6.07, 6.45) is 3.24. The normalized spacial score (nSPS) is 13.6. The first-order valence-corrected chi connectivity index (χ1v) is 9.50. The predicted octanol–water partition coefficient (Wildman–Crippen LogP) is 3.72. The highest BCUT2D eigenvalue weighted by Crippen LogP contribution is 2.25. The molecule has 0 N–H and O–H groups in total. The van der Waals surface area contributed by atoms with Crippen LogP contribution >= 0.6 is 15.9 Å². The van der Waals surface area contributed by atoms with E-state index in [1.54, 1.807) is 10.8 Å². The SMILES string of the molecule is CCCCOc1c2n(cc(Br)c1=O)CCN(Cc1ccc(F)c(F)c1)C2=O. The molecule has 0 bridgehead atoms. The number of nitrogens with zero attached hydrogens (tertiary/aromatic N) is 2. The van der Waals surface area contributed by atoms with Gasteiger partial charge in [0.05, 0.1) is 11.1 Å². The van der Waals surface area contributed by atoms with Crippen LogP contribution in [-0.2, 0) is 13.1 Å². The molecule has 1 aliphatic rings. The Morgan fingerprint density at radius 3 is 2.67 bits per heavy atom. The van der Waals surface area contributed by atoms with Crippen LogP contribution in [0.15, 0.2) is 33.7 Å². The molecule has 0 saturated heterocycles. The van der Waals surface area contributed by atoms with Gasteiger partial charge in [-0.05, 0) is 40.0 Å². The van der Waals surface area contributed by atoms with Crippen LogP contribution in [0.1, 0.15) is 35.8 Å². The van der Waals surface area contributed by atoms with Gasteiger partial charge in [-0.25, -0.2) is 8.78 Å². The molecule has 1 aromatic carbocycles. The lowest BCUT2D eigenvalue weighted by molar-refractivity contribution is 0.0680. The molecule has 3 rings (SSSR count). The average molecular weight is 441 g/mol. The van der Waals surface area contributed by atoms with Gasteiger partial charge in [0.2, 0.25) is 5.43 Å². The second-order valence-corrected chi connectivity index (χ2v) is 7.21. The van der Waals surface area contributed by atoms with Crippen molar-refractivity contribution >= 4 is 21.8 Å². The maximum atomic E-state index is 13.5. The Bertz CT molecular complexity index is 930. The number of amides is 1. The number of fused-ring (bicyclic) bond motifs is 1. The van der Waals surface area contributed by atoms with Crippen LogP contribution < -0.4 is 10.2 Å². The number of carbonyl (C=O) groups excluding carboxylic acids is 1. The van der Waals surface area contributed by atoms with Gasteiger partial charge in [-0.1, -0.05) is 19.4 Å². The number of rotatable bonds is 6. The lowest BCUT2D eigenvalue weighted by Gasteiger charge is -2.31. The minimum Gasteiger partial charge on any atom is -0.487 e. The molecule has 0 fully saturated rings. The molecule has 0 saturated carbocycles. The third-order valence-electron chi connectivity index (χ3n) is 4.40. The predicted molar refractivity (Wildman–Crippen MR) is 99.9 cm³/mol. The topological polar surface area (TPSA) is 51.5 Å². The summed E-state index contributed by atoms with van der Waals surface area (Å²) in [6.45, 7) is 3.31. The number of halogens is 3. The van der Waals surface area contributed by atoms with Gasteiger partial charge in [0, 0.05) is 25.8 Å². The lowest BCUT2D eigenvalue weighted by atomic mass is 10.1. The number of aromatic nitrogens is 1. The molecule has 144 valence electrons. The van der Waals surface area contributed by atoms with Crippen LogP contribution in [0, 0.1) is 11.6 Å². The minimum atomic E-state index is -0.957. The van der Waals surface area contributed by atoms with Gasteiger partial charge < -0.3 is 14.2 Å². The van der Waals surface area contributed by atoms with E-state index in [2.05, 4.69) is 15.9 Å². The zero-order valence-corrected chi connectivity index (χ0v) is 16.4. The third kappa shape index (κ3) is 4.05. The number of pyridine rings is 1. The van der Waals surface area contributed by atoms with Crippen molar-refractivity contribution in [1.29, 1.82) is 0 Å². The van der Waals surface area contributed by atoms with Crippen LogP contribution in [0.2, 0.25) is 0 Å². The summed E-state index contributed by atoms with van der Waals surface area (Å²) in [7, 11) is 0. The largest absolute Gasteiger partial charge is 0.487 e. The molecule has 1 aromatic heterocycles. The van der Waals surface area contributed by atoms with Crippen LogP contribution in [0.3, 0.4) is 0 Å². The van der Waals surface area contributed by atoms with Gasteiger partial charge in [0.1, 0.15) is 0 Å². The van der Waals surface area contributed by atoms with Gasteiger partial charge in [0.25, 0.3) is 5.91 Å². The standard InChI is InChI=1S/C19H19BrF2N2O3/c1-2-3-8-27-18-16-19(26)24(7-6-23(16)11-13(20)17(18)25)10-12-4-5-14(21)15(22)9-12/h4-5,9,11H,2-3,6-8,10H2,1H3. The van der Waals surface area contributed by atoms with E-state index in [1.807, 2.05) is 6.92 Å². The van der Waals surface area contributed by atoms with E-state index >= 15 is 0 Å². The zero-order valence-electron chi connectivity index (χ0n) is 14.8. The van der Waals surface area contributed by atoms with E-state index in [4.69, 9.17) is 4.74 Å². The minimum absolute atomic E-state index is 0.0258. The van der Waals surface area contributed by atoms with Crippen molar-refractivity contribution in [2.45, 2.75) is 32.9 Å². The molecule has 1 aliphatic heterocycles. The second kappa shape index (κ2) is 8.21. The van der Waals surface area contributed by atoms with Gasteiger partial charge in [-0.15, -0.1) is 0 Å². The van der Waals surface area contributed by atoms with Crippen molar-refractivity contribution in [3.05, 3.63) is 62.0 Å². The first-order valence-electron chi connectivity index (χ1n) is 8.71. The summed E-state index contributed by atoms with van der Waals surface area (Å²) in [5, 5.41) is 0. The first-order chi connectivity index (χ1) is 12.9. The number of hydrogen-bond donors (Lipinski definition) is 0. The molecule has 2 aromatic rings. The smallest absolute Gasteiger partial charge is 0.274 e. The second-order valence-electron chi connectivity index (χ2n) is 6.35. The van der Waals surface area contributed by atoms with E-state index in [1.165, 1.54) is 11.0 Å². The van der Waals surface area contributed by atoms with Crippen molar-refractivity contribution < 1.29 is 18.3 Å². The maximum Gasteiger partial charge on any atom is 0.274 e. The number of ether oxygens (including phenoxy) is 1. The van der Waals surface area contributed by atoms with Crippen molar-refractivity contribution in [3.8, 4) is 5.75 Å². The fourth-order valence-corrected chi connectivity index (χ4v) is 3.37. The highest BCUT2D eigenvalue weighted by Gasteiger charge is 2.30. The summed E-state index contributed by atoms with van der Waals surface area (Å²) in [6, 6.07) is 3.55. The Kier molecular flexibility index (Phi) is 5.94. The summed E-state index contributed by atoms with van der Waals surface area (Å²) < 4.78 is 34.2. The molecule has 5 nitrogen and oxygen atoms in total. The molecule has 1 amide bonds. The van der Waals surface area contributed by atoms with E-state index in [0.29, 0.717) is 29.7 Å².